The molecule has 6 heteroatoms. The maximum absolute atomic E-state index is 12.6. The third kappa shape index (κ3) is 3.79. The second kappa shape index (κ2) is 7.34. The molecule has 6 nitrogen and oxygen atoms in total. The normalized spacial score (nSPS) is 14.3. The van der Waals surface area contributed by atoms with Crippen molar-refractivity contribution in [1.29, 1.82) is 0 Å². The summed E-state index contributed by atoms with van der Waals surface area (Å²) in [4.78, 5) is 33.9. The predicted octanol–water partition coefficient (Wildman–Crippen LogP) is 2.03. The molecule has 0 bridgehead atoms. The molecule has 0 N–H and O–H groups in total. The lowest BCUT2D eigenvalue weighted by Gasteiger charge is -2.35. The monoisotopic (exact) mass is 338 g/mol. The largest absolute Gasteiger partial charge is 0.367 e. The Morgan fingerprint density at radius 3 is 2.24 bits per heavy atom. The van der Waals surface area contributed by atoms with Crippen molar-refractivity contribution in [3.63, 3.8) is 0 Å². The van der Waals surface area contributed by atoms with Crippen LogP contribution in [0.3, 0.4) is 0 Å². The van der Waals surface area contributed by atoms with E-state index in [1.54, 1.807) is 31.1 Å². The molecule has 0 aliphatic carbocycles. The molecule has 1 aromatic heterocycles. The second-order valence-corrected chi connectivity index (χ2v) is 6.09. The summed E-state index contributed by atoms with van der Waals surface area (Å²) in [6.07, 6.45) is 1.73. The van der Waals surface area contributed by atoms with Crippen LogP contribution in [0.1, 0.15) is 17.4 Å². The molecular formula is C19H22N4O2. The number of amides is 2. The van der Waals surface area contributed by atoms with Gasteiger partial charge in [0.25, 0.3) is 5.91 Å². The average Bonchev–Trinajstić information content (AvgIpc) is 2.67. The molecule has 3 rings (SSSR count). The molecule has 1 aliphatic rings. The van der Waals surface area contributed by atoms with Crippen molar-refractivity contribution in [2.45, 2.75) is 6.92 Å². The number of pyridine rings is 1. The molecule has 2 heterocycles. The van der Waals surface area contributed by atoms with Crippen LogP contribution in [-0.4, -0.2) is 54.9 Å². The van der Waals surface area contributed by atoms with E-state index in [1.807, 2.05) is 41.3 Å². The number of para-hydroxylation sites is 1. The number of hydrogen-bond donors (Lipinski definition) is 0. The van der Waals surface area contributed by atoms with Crippen LogP contribution >= 0.6 is 0 Å². The molecule has 1 fully saturated rings. The number of hydrogen-bond acceptors (Lipinski definition) is 4. The van der Waals surface area contributed by atoms with Crippen LogP contribution in [0.4, 0.5) is 11.4 Å². The Kier molecular flexibility index (Phi) is 4.97. The van der Waals surface area contributed by atoms with Gasteiger partial charge in [-0.3, -0.25) is 9.59 Å². The van der Waals surface area contributed by atoms with Crippen molar-refractivity contribution in [2.24, 2.45) is 0 Å². The minimum Gasteiger partial charge on any atom is -0.367 e. The number of aromatic nitrogens is 1. The zero-order valence-electron chi connectivity index (χ0n) is 14.6. The summed E-state index contributed by atoms with van der Waals surface area (Å²) >= 11 is 0. The molecule has 1 aliphatic heterocycles. The van der Waals surface area contributed by atoms with E-state index in [0.29, 0.717) is 18.8 Å². The number of benzene rings is 1. The Morgan fingerprint density at radius 1 is 1.00 bits per heavy atom. The highest BCUT2D eigenvalue weighted by Crippen LogP contribution is 2.18. The van der Waals surface area contributed by atoms with Gasteiger partial charge in [0, 0.05) is 45.8 Å². The number of nitrogens with zero attached hydrogens (tertiary/aromatic N) is 4. The van der Waals surface area contributed by atoms with Crippen LogP contribution < -0.4 is 9.80 Å². The molecule has 2 aromatic rings. The minimum atomic E-state index is -0.140. The van der Waals surface area contributed by atoms with E-state index in [1.165, 1.54) is 0 Å². The topological polar surface area (TPSA) is 56.8 Å². The average molecular weight is 338 g/mol. The zero-order chi connectivity index (χ0) is 17.8. The molecule has 0 unspecified atom stereocenters. The standard InChI is InChI=1S/C19H22N4O2/c1-15(24)22-10-12-23(13-11-22)17-8-9-18(20-14-17)19(25)21(2)16-6-4-3-5-7-16/h3-9,14H,10-13H2,1-2H3. The SMILES string of the molecule is CC(=O)N1CCN(c2ccc(C(=O)N(C)c3ccccc3)nc2)CC1. The molecule has 0 atom stereocenters. The summed E-state index contributed by atoms with van der Waals surface area (Å²) in [6.45, 7) is 4.58. The molecular weight excluding hydrogens is 316 g/mol. The van der Waals surface area contributed by atoms with Gasteiger partial charge < -0.3 is 14.7 Å². The van der Waals surface area contributed by atoms with Crippen LogP contribution in [0.25, 0.3) is 0 Å². The fourth-order valence-corrected chi connectivity index (χ4v) is 2.92. The lowest BCUT2D eigenvalue weighted by Crippen LogP contribution is -2.48. The van der Waals surface area contributed by atoms with Crippen molar-refractivity contribution in [3.05, 3.63) is 54.4 Å². The van der Waals surface area contributed by atoms with Crippen LogP contribution in [0.5, 0.6) is 0 Å². The van der Waals surface area contributed by atoms with E-state index < -0.39 is 0 Å². The highest BCUT2D eigenvalue weighted by molar-refractivity contribution is 6.04. The molecule has 0 spiro atoms. The molecule has 0 radical (unpaired) electrons. The first-order chi connectivity index (χ1) is 12.1. The smallest absolute Gasteiger partial charge is 0.276 e. The predicted molar refractivity (Wildman–Crippen MR) is 97.9 cm³/mol. The van der Waals surface area contributed by atoms with Crippen molar-refractivity contribution >= 4 is 23.2 Å². The quantitative estimate of drug-likeness (QED) is 0.859. The molecule has 2 amide bonds. The number of carbonyl (C=O) groups excluding carboxylic acids is 2. The van der Waals surface area contributed by atoms with Gasteiger partial charge in [-0.15, -0.1) is 0 Å². The van der Waals surface area contributed by atoms with Crippen LogP contribution in [0.2, 0.25) is 0 Å². The lowest BCUT2D eigenvalue weighted by atomic mass is 10.2. The van der Waals surface area contributed by atoms with Gasteiger partial charge in [-0.2, -0.15) is 0 Å². The minimum absolute atomic E-state index is 0.114. The maximum Gasteiger partial charge on any atom is 0.276 e. The summed E-state index contributed by atoms with van der Waals surface area (Å²) in [6, 6.07) is 13.2. The zero-order valence-corrected chi connectivity index (χ0v) is 14.6. The van der Waals surface area contributed by atoms with Crippen molar-refractivity contribution in [3.8, 4) is 0 Å². The summed E-state index contributed by atoms with van der Waals surface area (Å²) < 4.78 is 0. The molecule has 1 saturated heterocycles. The van der Waals surface area contributed by atoms with E-state index in [2.05, 4.69) is 9.88 Å². The van der Waals surface area contributed by atoms with Gasteiger partial charge in [-0.1, -0.05) is 18.2 Å². The molecule has 1 aromatic carbocycles. The first-order valence-corrected chi connectivity index (χ1v) is 8.36. The molecule has 0 saturated carbocycles. The fraction of sp³-hybridized carbons (Fsp3) is 0.316. The number of anilines is 2. The number of piperazine rings is 1. The molecule has 25 heavy (non-hydrogen) atoms. The molecule has 130 valence electrons. The first-order valence-electron chi connectivity index (χ1n) is 8.36. The van der Waals surface area contributed by atoms with Crippen LogP contribution in [0.15, 0.2) is 48.7 Å². The Morgan fingerprint density at radius 2 is 1.68 bits per heavy atom. The third-order valence-electron chi connectivity index (χ3n) is 4.51. The highest BCUT2D eigenvalue weighted by atomic mass is 16.2. The summed E-state index contributed by atoms with van der Waals surface area (Å²) in [7, 11) is 1.74. The Balaban J connectivity index is 1.66. The van der Waals surface area contributed by atoms with Gasteiger partial charge >= 0.3 is 0 Å². The highest BCUT2D eigenvalue weighted by Gasteiger charge is 2.20. The van der Waals surface area contributed by atoms with Crippen molar-refractivity contribution in [2.75, 3.05) is 43.0 Å². The van der Waals surface area contributed by atoms with E-state index in [9.17, 15) is 9.59 Å². The van der Waals surface area contributed by atoms with E-state index in [4.69, 9.17) is 0 Å². The first kappa shape index (κ1) is 17.0. The Bertz CT molecular complexity index is 738. The van der Waals surface area contributed by atoms with E-state index >= 15 is 0 Å². The second-order valence-electron chi connectivity index (χ2n) is 6.09. The fourth-order valence-electron chi connectivity index (χ4n) is 2.92. The Labute approximate surface area is 147 Å². The van der Waals surface area contributed by atoms with Gasteiger partial charge in [0.05, 0.1) is 11.9 Å². The van der Waals surface area contributed by atoms with Crippen molar-refractivity contribution in [1.82, 2.24) is 9.88 Å². The van der Waals surface area contributed by atoms with Gasteiger partial charge in [0.15, 0.2) is 0 Å². The van der Waals surface area contributed by atoms with Crippen LogP contribution in [-0.2, 0) is 4.79 Å². The number of carbonyl (C=O) groups is 2. The van der Waals surface area contributed by atoms with Crippen LogP contribution in [0, 0.1) is 0 Å². The third-order valence-corrected chi connectivity index (χ3v) is 4.51. The van der Waals surface area contributed by atoms with Gasteiger partial charge in [0.1, 0.15) is 5.69 Å². The van der Waals surface area contributed by atoms with E-state index in [0.717, 1.165) is 24.5 Å². The van der Waals surface area contributed by atoms with Gasteiger partial charge in [-0.25, -0.2) is 4.98 Å². The summed E-state index contributed by atoms with van der Waals surface area (Å²) in [5.74, 6) is -0.0261. The van der Waals surface area contributed by atoms with Gasteiger partial charge in [-0.05, 0) is 24.3 Å². The van der Waals surface area contributed by atoms with E-state index in [-0.39, 0.29) is 11.8 Å². The summed E-state index contributed by atoms with van der Waals surface area (Å²) in [5, 5.41) is 0. The summed E-state index contributed by atoms with van der Waals surface area (Å²) in [5.41, 5.74) is 2.22. The number of rotatable bonds is 3. The van der Waals surface area contributed by atoms with Gasteiger partial charge in [0.2, 0.25) is 5.91 Å². The van der Waals surface area contributed by atoms with Crippen molar-refractivity contribution < 1.29 is 9.59 Å². The maximum atomic E-state index is 12.6. The lowest BCUT2D eigenvalue weighted by molar-refractivity contribution is -0.129. The Hall–Kier alpha value is -2.89.